The van der Waals surface area contributed by atoms with Crippen molar-refractivity contribution in [3.63, 3.8) is 0 Å². The molecule has 1 saturated heterocycles. The topological polar surface area (TPSA) is 124 Å². The van der Waals surface area contributed by atoms with Crippen LogP contribution in [0.1, 0.15) is 20.8 Å². The number of nitrogens with zero attached hydrogens (tertiary/aromatic N) is 4. The third kappa shape index (κ3) is 6.52. The van der Waals surface area contributed by atoms with Gasteiger partial charge in [-0.25, -0.2) is 4.79 Å². The third-order valence-electron chi connectivity index (χ3n) is 5.57. The first-order valence-electron chi connectivity index (χ1n) is 11.8. The van der Waals surface area contributed by atoms with Crippen molar-refractivity contribution in [2.75, 3.05) is 49.8 Å². The van der Waals surface area contributed by atoms with Crippen molar-refractivity contribution in [2.24, 2.45) is 7.05 Å². The summed E-state index contributed by atoms with van der Waals surface area (Å²) in [5.41, 5.74) is -0.309. The Morgan fingerprint density at radius 1 is 1.22 bits per heavy atom. The maximum atomic E-state index is 12.7. The van der Waals surface area contributed by atoms with E-state index in [1.807, 2.05) is 44.0 Å². The molecule has 1 atom stereocenters. The highest BCUT2D eigenvalue weighted by molar-refractivity contribution is 5.87. The number of pyridine rings is 1. The summed E-state index contributed by atoms with van der Waals surface area (Å²) >= 11 is 0. The van der Waals surface area contributed by atoms with E-state index in [9.17, 15) is 9.59 Å². The van der Waals surface area contributed by atoms with E-state index in [1.165, 1.54) is 9.36 Å². The number of morpholine rings is 1. The molecule has 3 heterocycles. The molecule has 1 fully saturated rings. The molecule has 1 aromatic carbocycles. The summed E-state index contributed by atoms with van der Waals surface area (Å²) in [6.07, 6.45) is 1.88. The average molecular weight is 502 g/mol. The SMILES string of the molecule is Cn1cc(OCC(CNC(C)(C)C)OC(=O)Nc2c[n+](N3CCOCC3)no2)c2ccccc2c1=O. The first kappa shape index (κ1) is 25.5. The van der Waals surface area contributed by atoms with Crippen LogP contribution in [0.3, 0.4) is 0 Å². The number of aromatic nitrogens is 3. The molecule has 1 unspecified atom stereocenters. The molecule has 0 radical (unpaired) electrons. The molecular formula is C24H33N6O6+. The van der Waals surface area contributed by atoms with Crippen LogP contribution < -0.4 is 30.7 Å². The number of benzene rings is 1. The second kappa shape index (κ2) is 11.0. The maximum Gasteiger partial charge on any atom is 0.414 e. The number of carbonyl (C=O) groups is 1. The standard InChI is InChI=1S/C24H32N6O6/c1-24(2,3)25-13-17(16-34-20-14-28(4)22(31)19-8-6-5-7-18(19)20)35-23(32)26-21-15-30(27-36-21)29-9-11-33-12-10-29/h5-8,14-15,17,25H,9-13,16H2,1-4H3/p+1. The first-order chi connectivity index (χ1) is 17.2. The van der Waals surface area contributed by atoms with E-state index >= 15 is 0 Å². The number of amides is 1. The summed E-state index contributed by atoms with van der Waals surface area (Å²) in [6, 6.07) is 7.24. The normalized spacial score (nSPS) is 15.1. The Balaban J connectivity index is 1.42. The van der Waals surface area contributed by atoms with Gasteiger partial charge in [0, 0.05) is 30.7 Å². The van der Waals surface area contributed by atoms with Gasteiger partial charge in [0.1, 0.15) is 18.5 Å². The van der Waals surface area contributed by atoms with Crippen LogP contribution in [-0.2, 0) is 16.5 Å². The van der Waals surface area contributed by atoms with Crippen LogP contribution in [0.25, 0.3) is 10.8 Å². The second-order valence-electron chi connectivity index (χ2n) is 9.60. The first-order valence-corrected chi connectivity index (χ1v) is 11.8. The molecule has 1 aliphatic heterocycles. The highest BCUT2D eigenvalue weighted by Crippen LogP contribution is 2.23. The fourth-order valence-corrected chi connectivity index (χ4v) is 3.70. The molecule has 1 amide bonds. The molecule has 0 saturated carbocycles. The van der Waals surface area contributed by atoms with Gasteiger partial charge in [-0.15, -0.1) is 5.01 Å². The molecule has 36 heavy (non-hydrogen) atoms. The van der Waals surface area contributed by atoms with Gasteiger partial charge in [0.05, 0.1) is 36.5 Å². The number of carbonyl (C=O) groups excluding carboxylic acids is 1. The number of rotatable bonds is 8. The van der Waals surface area contributed by atoms with E-state index in [4.69, 9.17) is 18.7 Å². The molecule has 2 aromatic heterocycles. The van der Waals surface area contributed by atoms with Crippen LogP contribution in [0.2, 0.25) is 0 Å². The highest BCUT2D eigenvalue weighted by atomic mass is 16.6. The van der Waals surface area contributed by atoms with Gasteiger partial charge in [-0.05, 0) is 26.8 Å². The van der Waals surface area contributed by atoms with Gasteiger partial charge in [0.2, 0.25) is 5.27 Å². The number of fused-ring (bicyclic) bond motifs is 1. The van der Waals surface area contributed by atoms with Gasteiger partial charge >= 0.3 is 12.0 Å². The summed E-state index contributed by atoms with van der Waals surface area (Å²) in [7, 11) is 1.67. The number of aryl methyl sites for hydroxylation is 1. The Labute approximate surface area is 208 Å². The molecular weight excluding hydrogens is 468 g/mol. The molecule has 12 nitrogen and oxygen atoms in total. The molecule has 3 aromatic rings. The molecule has 12 heteroatoms. The molecule has 0 aliphatic carbocycles. The third-order valence-corrected chi connectivity index (χ3v) is 5.57. The van der Waals surface area contributed by atoms with Crippen molar-refractivity contribution in [1.82, 2.24) is 15.2 Å². The summed E-state index contributed by atoms with van der Waals surface area (Å²) in [5.74, 6) is 0.679. The second-order valence-corrected chi connectivity index (χ2v) is 9.60. The Kier molecular flexibility index (Phi) is 7.75. The van der Waals surface area contributed by atoms with Crippen molar-refractivity contribution in [3.05, 3.63) is 47.0 Å². The Morgan fingerprint density at radius 2 is 1.94 bits per heavy atom. The molecule has 1 aliphatic rings. The minimum Gasteiger partial charge on any atom is -0.487 e. The summed E-state index contributed by atoms with van der Waals surface area (Å²) in [6.45, 7) is 9.00. The van der Waals surface area contributed by atoms with Crippen LogP contribution in [-0.4, -0.2) is 67.0 Å². The summed E-state index contributed by atoms with van der Waals surface area (Å²) in [4.78, 5) is 26.6. The summed E-state index contributed by atoms with van der Waals surface area (Å²) in [5, 5.41) is 13.0. The van der Waals surface area contributed by atoms with Crippen LogP contribution in [0.5, 0.6) is 5.75 Å². The van der Waals surface area contributed by atoms with Crippen LogP contribution >= 0.6 is 0 Å². The maximum absolute atomic E-state index is 12.7. The molecule has 0 bridgehead atoms. The number of anilines is 1. The lowest BCUT2D eigenvalue weighted by Gasteiger charge is -2.25. The van der Waals surface area contributed by atoms with E-state index < -0.39 is 12.2 Å². The Hall–Kier alpha value is -3.64. The number of ether oxygens (including phenoxy) is 3. The zero-order valence-electron chi connectivity index (χ0n) is 21.0. The highest BCUT2D eigenvalue weighted by Gasteiger charge is 2.25. The molecule has 4 rings (SSSR count). The minimum atomic E-state index is -0.699. The smallest absolute Gasteiger partial charge is 0.414 e. The van der Waals surface area contributed by atoms with Crippen LogP contribution in [0.4, 0.5) is 10.7 Å². The van der Waals surface area contributed by atoms with Gasteiger partial charge < -0.3 is 24.1 Å². The Morgan fingerprint density at radius 3 is 2.67 bits per heavy atom. The largest absolute Gasteiger partial charge is 0.487 e. The van der Waals surface area contributed by atoms with Gasteiger partial charge in [0.25, 0.3) is 11.8 Å². The van der Waals surface area contributed by atoms with Crippen molar-refractivity contribution in [3.8, 4) is 5.75 Å². The van der Waals surface area contributed by atoms with Crippen molar-refractivity contribution in [2.45, 2.75) is 32.4 Å². The Bertz CT molecular complexity index is 1240. The van der Waals surface area contributed by atoms with E-state index in [-0.39, 0.29) is 23.6 Å². The number of hydrogen-bond acceptors (Lipinski definition) is 9. The van der Waals surface area contributed by atoms with E-state index in [2.05, 4.69) is 15.9 Å². The van der Waals surface area contributed by atoms with Crippen molar-refractivity contribution >= 4 is 22.7 Å². The minimum absolute atomic E-state index is 0.0723. The van der Waals surface area contributed by atoms with Gasteiger partial charge in [-0.2, -0.15) is 0 Å². The fourth-order valence-electron chi connectivity index (χ4n) is 3.70. The number of hydrogen-bond donors (Lipinski definition) is 2. The van der Waals surface area contributed by atoms with Crippen LogP contribution in [0.15, 0.2) is 46.0 Å². The average Bonchev–Trinajstić information content (AvgIpc) is 3.32. The predicted molar refractivity (Wildman–Crippen MR) is 132 cm³/mol. The molecule has 0 spiro atoms. The van der Waals surface area contributed by atoms with Crippen LogP contribution in [0, 0.1) is 0 Å². The fraction of sp³-hybridized carbons (Fsp3) is 0.500. The lowest BCUT2D eigenvalue weighted by molar-refractivity contribution is -0.759. The van der Waals surface area contributed by atoms with E-state index in [0.717, 1.165) is 0 Å². The van der Waals surface area contributed by atoms with E-state index in [1.54, 1.807) is 25.5 Å². The molecule has 194 valence electrons. The zero-order valence-corrected chi connectivity index (χ0v) is 21.0. The molecule has 2 N–H and O–H groups in total. The monoisotopic (exact) mass is 501 g/mol. The van der Waals surface area contributed by atoms with Gasteiger partial charge in [0.15, 0.2) is 0 Å². The van der Waals surface area contributed by atoms with E-state index in [0.29, 0.717) is 49.4 Å². The zero-order chi connectivity index (χ0) is 25.7. The van der Waals surface area contributed by atoms with Crippen molar-refractivity contribution < 1.29 is 28.3 Å². The van der Waals surface area contributed by atoms with Gasteiger partial charge in [-0.1, -0.05) is 18.2 Å². The lowest BCUT2D eigenvalue weighted by Crippen LogP contribution is -2.62. The quantitative estimate of drug-likeness (QED) is 0.438. The number of nitrogens with one attached hydrogen (secondary N) is 2. The van der Waals surface area contributed by atoms with Gasteiger partial charge in [-0.3, -0.25) is 14.6 Å². The summed E-state index contributed by atoms with van der Waals surface area (Å²) < 4.78 is 23.7. The lowest BCUT2D eigenvalue weighted by atomic mass is 10.1. The van der Waals surface area contributed by atoms with Crippen molar-refractivity contribution in [1.29, 1.82) is 0 Å². The predicted octanol–water partition coefficient (Wildman–Crippen LogP) is 1.17.